The van der Waals surface area contributed by atoms with Crippen LogP contribution >= 0.6 is 11.5 Å². The summed E-state index contributed by atoms with van der Waals surface area (Å²) in [5, 5.41) is 0.414. The minimum atomic E-state index is 0.178. The molecule has 1 rings (SSSR count). The van der Waals surface area contributed by atoms with Crippen LogP contribution in [0.1, 0.15) is 10.6 Å². The number of aldehydes is 1. The van der Waals surface area contributed by atoms with Crippen molar-refractivity contribution in [3.05, 3.63) is 5.82 Å². The summed E-state index contributed by atoms with van der Waals surface area (Å²) < 4.78 is 8.33. The second-order valence-electron chi connectivity index (χ2n) is 1.24. The highest BCUT2D eigenvalue weighted by molar-refractivity contribution is 7.07. The average molecular weight is 144 g/mol. The molecule has 5 heteroatoms. The van der Waals surface area contributed by atoms with E-state index in [-0.39, 0.29) is 5.82 Å². The lowest BCUT2D eigenvalue weighted by molar-refractivity contribution is 0.111. The number of carbonyl (C=O) groups excluding carboxylic acids is 1. The zero-order chi connectivity index (χ0) is 6.69. The minimum absolute atomic E-state index is 0.178. The van der Waals surface area contributed by atoms with E-state index in [1.165, 1.54) is 7.11 Å². The fourth-order valence-electron chi connectivity index (χ4n) is 0.351. The van der Waals surface area contributed by atoms with Crippen molar-refractivity contribution in [2.45, 2.75) is 0 Å². The largest absolute Gasteiger partial charge is 0.472 e. The topological polar surface area (TPSA) is 52.1 Å². The van der Waals surface area contributed by atoms with E-state index in [1.807, 2.05) is 0 Å². The van der Waals surface area contributed by atoms with Crippen molar-refractivity contribution in [3.63, 3.8) is 0 Å². The van der Waals surface area contributed by atoms with Gasteiger partial charge < -0.3 is 4.74 Å². The molecular formula is C4H4N2O2S. The van der Waals surface area contributed by atoms with Crippen LogP contribution in [-0.2, 0) is 0 Å². The van der Waals surface area contributed by atoms with Crippen molar-refractivity contribution in [2.24, 2.45) is 0 Å². The van der Waals surface area contributed by atoms with Crippen LogP contribution in [-0.4, -0.2) is 22.8 Å². The van der Waals surface area contributed by atoms with Gasteiger partial charge in [-0.25, -0.2) is 0 Å². The van der Waals surface area contributed by atoms with Gasteiger partial charge in [0.1, 0.15) is 0 Å². The second-order valence-corrected chi connectivity index (χ2v) is 1.95. The number of nitrogens with zero attached hydrogens (tertiary/aromatic N) is 2. The van der Waals surface area contributed by atoms with Crippen LogP contribution in [0.2, 0.25) is 0 Å². The molecule has 0 fully saturated rings. The average Bonchev–Trinajstić information content (AvgIpc) is 2.34. The zero-order valence-corrected chi connectivity index (χ0v) is 5.51. The van der Waals surface area contributed by atoms with Crippen molar-refractivity contribution in [2.75, 3.05) is 7.11 Å². The van der Waals surface area contributed by atoms with Gasteiger partial charge in [0.25, 0.3) is 5.19 Å². The van der Waals surface area contributed by atoms with E-state index in [0.717, 1.165) is 11.5 Å². The number of methoxy groups -OCH3 is 1. The van der Waals surface area contributed by atoms with Crippen LogP contribution in [0, 0.1) is 0 Å². The Labute approximate surface area is 55.7 Å². The summed E-state index contributed by atoms with van der Waals surface area (Å²) in [5.41, 5.74) is 0. The first-order valence-electron chi connectivity index (χ1n) is 2.19. The first kappa shape index (κ1) is 6.15. The molecule has 0 aliphatic rings. The Bertz CT molecular complexity index is 210. The Balaban J connectivity index is 2.86. The number of carbonyl (C=O) groups is 1. The van der Waals surface area contributed by atoms with Crippen LogP contribution in [0.15, 0.2) is 0 Å². The number of hydrogen-bond donors (Lipinski definition) is 0. The summed E-state index contributed by atoms with van der Waals surface area (Å²) in [7, 11) is 1.48. The molecule has 48 valence electrons. The smallest absolute Gasteiger partial charge is 0.293 e. The van der Waals surface area contributed by atoms with Crippen LogP contribution in [0.4, 0.5) is 0 Å². The molecule has 1 aromatic rings. The fourth-order valence-corrected chi connectivity index (χ4v) is 0.815. The van der Waals surface area contributed by atoms with Crippen LogP contribution in [0.3, 0.4) is 0 Å². The van der Waals surface area contributed by atoms with Gasteiger partial charge in [-0.15, -0.1) is 0 Å². The third kappa shape index (κ3) is 1.23. The molecule has 0 unspecified atom stereocenters. The highest BCUT2D eigenvalue weighted by Crippen LogP contribution is 2.10. The van der Waals surface area contributed by atoms with Gasteiger partial charge in [0.15, 0.2) is 6.29 Å². The lowest BCUT2D eigenvalue weighted by Gasteiger charge is -1.83. The van der Waals surface area contributed by atoms with Crippen molar-refractivity contribution in [1.29, 1.82) is 0 Å². The molecule has 0 radical (unpaired) electrons. The second kappa shape index (κ2) is 2.54. The van der Waals surface area contributed by atoms with Gasteiger partial charge in [-0.05, 0) is 0 Å². The van der Waals surface area contributed by atoms with Crippen molar-refractivity contribution in [1.82, 2.24) is 9.36 Å². The van der Waals surface area contributed by atoms with Gasteiger partial charge in [0, 0.05) is 11.5 Å². The standard InChI is InChI=1S/C4H4N2O2S/c1-8-4-5-3(2-7)6-9-4/h2H,1H3. The number of rotatable bonds is 2. The number of ether oxygens (including phenoxy) is 1. The molecule has 0 bridgehead atoms. The molecule has 0 aromatic carbocycles. The summed E-state index contributed by atoms with van der Waals surface area (Å²) in [6.45, 7) is 0. The molecule has 0 N–H and O–H groups in total. The Kier molecular flexibility index (Phi) is 1.74. The third-order valence-corrected chi connectivity index (χ3v) is 1.40. The summed E-state index contributed by atoms with van der Waals surface area (Å²) in [4.78, 5) is 13.6. The molecule has 1 aromatic heterocycles. The van der Waals surface area contributed by atoms with Gasteiger partial charge in [-0.2, -0.15) is 9.36 Å². The normalized spacial score (nSPS) is 9.00. The van der Waals surface area contributed by atoms with E-state index in [0.29, 0.717) is 11.5 Å². The van der Waals surface area contributed by atoms with Crippen LogP contribution < -0.4 is 4.74 Å². The summed E-state index contributed by atoms with van der Waals surface area (Å²) >= 11 is 1.06. The molecule has 0 atom stereocenters. The molecule has 1 heterocycles. The Morgan fingerprint density at radius 1 is 1.78 bits per heavy atom. The molecule has 0 aliphatic heterocycles. The van der Waals surface area contributed by atoms with E-state index in [1.54, 1.807) is 0 Å². The highest BCUT2D eigenvalue weighted by Gasteiger charge is 1.99. The molecule has 0 spiro atoms. The SMILES string of the molecule is COc1nc(C=O)ns1. The van der Waals surface area contributed by atoms with Crippen molar-refractivity contribution in [3.8, 4) is 5.19 Å². The molecule has 0 aliphatic carbocycles. The third-order valence-electron chi connectivity index (χ3n) is 0.703. The van der Waals surface area contributed by atoms with E-state index >= 15 is 0 Å². The van der Waals surface area contributed by atoms with Crippen LogP contribution in [0.5, 0.6) is 5.19 Å². The van der Waals surface area contributed by atoms with Crippen molar-refractivity contribution < 1.29 is 9.53 Å². The van der Waals surface area contributed by atoms with E-state index in [9.17, 15) is 4.79 Å². The maximum Gasteiger partial charge on any atom is 0.293 e. The predicted molar refractivity (Wildman–Crippen MR) is 31.8 cm³/mol. The minimum Gasteiger partial charge on any atom is -0.472 e. The lowest BCUT2D eigenvalue weighted by Crippen LogP contribution is -1.83. The summed E-state index contributed by atoms with van der Waals surface area (Å²) in [6, 6.07) is 0. The summed E-state index contributed by atoms with van der Waals surface area (Å²) in [5.74, 6) is 0.178. The summed E-state index contributed by atoms with van der Waals surface area (Å²) in [6.07, 6.45) is 0.582. The molecular weight excluding hydrogens is 140 g/mol. The van der Waals surface area contributed by atoms with E-state index < -0.39 is 0 Å². The lowest BCUT2D eigenvalue weighted by atomic mass is 10.7. The Hall–Kier alpha value is -0.970. The Morgan fingerprint density at radius 3 is 2.89 bits per heavy atom. The molecule has 9 heavy (non-hydrogen) atoms. The monoisotopic (exact) mass is 144 g/mol. The molecule has 0 saturated heterocycles. The maximum atomic E-state index is 9.96. The molecule has 4 nitrogen and oxygen atoms in total. The first-order chi connectivity index (χ1) is 4.36. The fraction of sp³-hybridized carbons (Fsp3) is 0.250. The van der Waals surface area contributed by atoms with E-state index in [2.05, 4.69) is 14.1 Å². The number of aromatic nitrogens is 2. The Morgan fingerprint density at radius 2 is 2.56 bits per heavy atom. The first-order valence-corrected chi connectivity index (χ1v) is 2.97. The van der Waals surface area contributed by atoms with Crippen molar-refractivity contribution >= 4 is 17.8 Å². The van der Waals surface area contributed by atoms with Gasteiger partial charge >= 0.3 is 0 Å². The predicted octanol–water partition coefficient (Wildman–Crippen LogP) is 0.359. The van der Waals surface area contributed by atoms with E-state index in [4.69, 9.17) is 0 Å². The molecule has 0 saturated carbocycles. The van der Waals surface area contributed by atoms with Gasteiger partial charge in [0.2, 0.25) is 5.82 Å². The van der Waals surface area contributed by atoms with Gasteiger partial charge in [0.05, 0.1) is 7.11 Å². The van der Waals surface area contributed by atoms with Crippen LogP contribution in [0.25, 0.3) is 0 Å². The highest BCUT2D eigenvalue weighted by atomic mass is 32.1. The maximum absolute atomic E-state index is 9.96. The van der Waals surface area contributed by atoms with Gasteiger partial charge in [-0.3, -0.25) is 4.79 Å². The number of hydrogen-bond acceptors (Lipinski definition) is 5. The zero-order valence-electron chi connectivity index (χ0n) is 4.70. The quantitative estimate of drug-likeness (QED) is 0.562. The molecule has 0 amide bonds. The van der Waals surface area contributed by atoms with Gasteiger partial charge in [-0.1, -0.05) is 0 Å².